The first-order valence-electron chi connectivity index (χ1n) is 4.55. The van der Waals surface area contributed by atoms with Gasteiger partial charge in [-0.2, -0.15) is 8.42 Å². The van der Waals surface area contributed by atoms with E-state index in [4.69, 9.17) is 5.73 Å². The van der Waals surface area contributed by atoms with Gasteiger partial charge in [-0.15, -0.1) is 3.89 Å². The van der Waals surface area contributed by atoms with Crippen LogP contribution in [-0.4, -0.2) is 15.4 Å². The molecule has 1 aromatic carbocycles. The minimum Gasteiger partial charge on any atom is -0.449 e. The first-order valence-corrected chi connectivity index (χ1v) is 5.94. The molecule has 2 N–H and O–H groups in total. The van der Waals surface area contributed by atoms with Gasteiger partial charge in [-0.1, -0.05) is 11.9 Å². The quantitative estimate of drug-likeness (QED) is 0.343. The van der Waals surface area contributed by atoms with Gasteiger partial charge in [-0.3, -0.25) is 0 Å². The number of anilines is 1. The van der Waals surface area contributed by atoms with E-state index < -0.39 is 28.4 Å². The summed E-state index contributed by atoms with van der Waals surface area (Å²) in [6, 6.07) is 1.47. The monoisotopic (exact) mass is 309 g/mol. The molecule has 0 unspecified atom stereocenters. The third-order valence-electron chi connectivity index (χ3n) is 2.26. The molecular weight excluding hydrogens is 300 g/mol. The van der Waals surface area contributed by atoms with Crippen molar-refractivity contribution in [2.75, 3.05) is 5.73 Å². The molecule has 1 aromatic rings. The summed E-state index contributed by atoms with van der Waals surface area (Å²) in [7, 11) is -5.06. The molecule has 0 radical (unpaired) electrons. The van der Waals surface area contributed by atoms with Crippen molar-refractivity contribution in [3.63, 3.8) is 0 Å². The summed E-state index contributed by atoms with van der Waals surface area (Å²) in [5.74, 6) is 0. The molecule has 0 aromatic heterocycles. The van der Waals surface area contributed by atoms with Crippen LogP contribution in [0.1, 0.15) is 11.1 Å². The predicted molar refractivity (Wildman–Crippen MR) is 56.7 cm³/mol. The molecule has 0 bridgehead atoms. The van der Waals surface area contributed by atoms with Crippen molar-refractivity contribution in [3.8, 4) is 0 Å². The Labute approximate surface area is 145 Å². The van der Waals surface area contributed by atoms with Gasteiger partial charge in [0.1, 0.15) is 4.90 Å². The summed E-state index contributed by atoms with van der Waals surface area (Å²) in [5.41, 5.74) is 4.95. The van der Waals surface area contributed by atoms with Crippen molar-refractivity contribution in [1.82, 2.24) is 0 Å². The molecule has 18 heavy (non-hydrogen) atoms. The number of rotatable bonds is 3. The Morgan fingerprint density at radius 1 is 1.28 bits per heavy atom. The summed E-state index contributed by atoms with van der Waals surface area (Å²) in [4.78, 5) is -0.851. The van der Waals surface area contributed by atoms with Crippen LogP contribution in [0.3, 0.4) is 0 Å². The largest absolute Gasteiger partial charge is 1.00 e. The van der Waals surface area contributed by atoms with Crippen LogP contribution >= 0.6 is 0 Å². The Morgan fingerprint density at radius 3 is 2.17 bits per heavy atom. The number of hydrogen-bond donors (Lipinski definition) is 1. The van der Waals surface area contributed by atoms with Gasteiger partial charge in [0.25, 0.3) is 0 Å². The molecule has 1 rings (SSSR count). The van der Waals surface area contributed by atoms with Crippen LogP contribution in [0.5, 0.6) is 0 Å². The van der Waals surface area contributed by atoms with Gasteiger partial charge in [0.2, 0.25) is 0 Å². The maximum Gasteiger partial charge on any atom is 1.00 e. The Balaban J connectivity index is 0.00000289. The van der Waals surface area contributed by atoms with Gasteiger partial charge in [-0.25, -0.2) is 0 Å². The van der Waals surface area contributed by atoms with Crippen molar-refractivity contribution in [2.45, 2.75) is 18.1 Å². The molecule has 0 aliphatic heterocycles. The Kier molecular flexibility index (Phi) is 6.36. The zero-order valence-electron chi connectivity index (χ0n) is 9.75. The van der Waals surface area contributed by atoms with Crippen molar-refractivity contribution >= 4 is 22.9 Å². The smallest absolute Gasteiger partial charge is 0.449 e. The SMILES string of the molecule is Cc1c(N)cc(S(=O)(=O)F)cc1C[B-](F)(F)F.[K+]. The second-order valence-corrected chi connectivity index (χ2v) is 5.00. The van der Waals surface area contributed by atoms with Crippen molar-refractivity contribution < 1.29 is 76.6 Å². The third-order valence-corrected chi connectivity index (χ3v) is 3.06. The fourth-order valence-electron chi connectivity index (χ4n) is 1.37. The van der Waals surface area contributed by atoms with Crippen LogP contribution in [0.25, 0.3) is 0 Å². The van der Waals surface area contributed by atoms with E-state index in [1.807, 2.05) is 0 Å². The molecule has 0 fully saturated rings. The summed E-state index contributed by atoms with van der Waals surface area (Å²) in [6.45, 7) is -3.82. The molecule has 0 heterocycles. The van der Waals surface area contributed by atoms with Gasteiger partial charge >= 0.3 is 68.6 Å². The zero-order valence-corrected chi connectivity index (χ0v) is 13.7. The molecule has 0 spiro atoms. The number of hydrogen-bond acceptors (Lipinski definition) is 3. The zero-order chi connectivity index (χ0) is 13.4. The molecule has 0 atom stereocenters. The number of nitrogen functional groups attached to an aromatic ring is 1. The minimum absolute atomic E-state index is 0. The third kappa shape index (κ3) is 5.18. The molecule has 96 valence electrons. The van der Waals surface area contributed by atoms with Gasteiger partial charge in [0.15, 0.2) is 0 Å². The van der Waals surface area contributed by atoms with Crippen LogP contribution in [0.2, 0.25) is 0 Å². The van der Waals surface area contributed by atoms with Crippen LogP contribution in [0.4, 0.5) is 22.5 Å². The van der Waals surface area contributed by atoms with Crippen LogP contribution in [0.15, 0.2) is 17.0 Å². The van der Waals surface area contributed by atoms with Gasteiger partial charge in [-0.05, 0) is 24.6 Å². The van der Waals surface area contributed by atoms with E-state index in [1.165, 1.54) is 6.92 Å². The molecule has 0 aliphatic carbocycles. The topological polar surface area (TPSA) is 60.2 Å². The van der Waals surface area contributed by atoms with E-state index in [0.29, 0.717) is 6.07 Å². The number of benzene rings is 1. The Bertz CT molecular complexity index is 547. The van der Waals surface area contributed by atoms with Gasteiger partial charge < -0.3 is 18.7 Å². The van der Waals surface area contributed by atoms with Crippen molar-refractivity contribution in [2.24, 2.45) is 0 Å². The Morgan fingerprint density at radius 2 is 1.78 bits per heavy atom. The number of nitrogens with two attached hydrogens (primary N) is 1. The van der Waals surface area contributed by atoms with Crippen molar-refractivity contribution in [3.05, 3.63) is 23.3 Å². The summed E-state index contributed by atoms with van der Waals surface area (Å²) in [5, 5.41) is 0. The van der Waals surface area contributed by atoms with E-state index in [2.05, 4.69) is 0 Å². The van der Waals surface area contributed by atoms with Crippen LogP contribution in [-0.2, 0) is 16.5 Å². The maximum absolute atomic E-state index is 12.7. The Hall–Kier alpha value is 0.391. The van der Waals surface area contributed by atoms with Gasteiger partial charge in [0.05, 0.1) is 0 Å². The molecule has 0 aliphatic rings. The second-order valence-electron chi connectivity index (χ2n) is 3.65. The molecule has 0 saturated carbocycles. The fourth-order valence-corrected chi connectivity index (χ4v) is 1.92. The van der Waals surface area contributed by atoms with E-state index in [-0.39, 0.29) is 68.2 Å². The first-order chi connectivity index (χ1) is 7.50. The molecule has 10 heteroatoms. The summed E-state index contributed by atoms with van der Waals surface area (Å²) < 4.78 is 70.7. The molecule has 3 nitrogen and oxygen atoms in total. The fraction of sp³-hybridized carbons (Fsp3) is 0.250. The maximum atomic E-state index is 12.7. The van der Waals surface area contributed by atoms with E-state index in [0.717, 1.165) is 6.07 Å². The van der Waals surface area contributed by atoms with E-state index in [1.54, 1.807) is 0 Å². The average molecular weight is 309 g/mol. The molecule has 0 amide bonds. The van der Waals surface area contributed by atoms with Crippen LogP contribution < -0.4 is 57.1 Å². The number of halogens is 4. The molecule has 0 saturated heterocycles. The summed E-state index contributed by atoms with van der Waals surface area (Å²) >= 11 is 0. The van der Waals surface area contributed by atoms with E-state index >= 15 is 0 Å². The second kappa shape index (κ2) is 6.23. The molecular formula is C8H9BF4KNO2S. The van der Waals surface area contributed by atoms with E-state index in [9.17, 15) is 25.3 Å². The van der Waals surface area contributed by atoms with Crippen LogP contribution in [0, 0.1) is 6.92 Å². The predicted octanol–water partition coefficient (Wildman–Crippen LogP) is -0.831. The summed E-state index contributed by atoms with van der Waals surface area (Å²) in [6.07, 6.45) is -1.29. The minimum atomic E-state index is -5.14. The average Bonchev–Trinajstić information content (AvgIpc) is 2.08. The normalized spacial score (nSPS) is 12.1. The van der Waals surface area contributed by atoms with Crippen molar-refractivity contribution in [1.29, 1.82) is 0 Å². The first kappa shape index (κ1) is 18.4. The van der Waals surface area contributed by atoms with Gasteiger partial charge in [0, 0.05) is 5.69 Å². The standard InChI is InChI=1S/C8H9BF4NO2S.K/c1-5-6(4-9(10,11)12)2-7(3-8(5)14)17(13,15)16;/h2-3H,4,14H2,1H3;/q-1;+1.